The maximum atomic E-state index is 10.8. The molecule has 0 bridgehead atoms. The summed E-state index contributed by atoms with van der Waals surface area (Å²) in [4.78, 5) is 20.7. The van der Waals surface area contributed by atoms with E-state index in [1.165, 1.54) is 7.05 Å². The molecule has 0 saturated carbocycles. The summed E-state index contributed by atoms with van der Waals surface area (Å²) in [6.07, 6.45) is 0.374. The number of amides is 2. The van der Waals surface area contributed by atoms with Crippen LogP contribution in [-0.2, 0) is 9.59 Å². The van der Waals surface area contributed by atoms with Gasteiger partial charge in [0.15, 0.2) is 6.04 Å². The molecule has 0 aromatic carbocycles. The van der Waals surface area contributed by atoms with Gasteiger partial charge in [-0.2, -0.15) is 0 Å². The molecule has 0 saturated heterocycles. The third kappa shape index (κ3) is 2.94. The average Bonchev–Trinajstić information content (AvgIpc) is 1.98. The van der Waals surface area contributed by atoms with E-state index in [2.05, 4.69) is 22.9 Å². The highest BCUT2D eigenvalue weighted by Crippen LogP contribution is 1.82. The minimum absolute atomic E-state index is 0.0588. The van der Waals surface area contributed by atoms with E-state index in [1.807, 2.05) is 0 Å². The highest BCUT2D eigenvalue weighted by molar-refractivity contribution is 7.80. The topological polar surface area (TPSA) is 84.2 Å². The molecule has 5 nitrogen and oxygen atoms in total. The highest BCUT2D eigenvalue weighted by atomic mass is 32.1. The van der Waals surface area contributed by atoms with E-state index < -0.39 is 11.9 Å². The summed E-state index contributed by atoms with van der Waals surface area (Å²) in [6.45, 7) is 0. The number of nitrogens with two attached hydrogens (primary N) is 1. The summed E-state index contributed by atoms with van der Waals surface area (Å²) >= 11 is 4.52. The molecular formula is C5H9N3O2S. The van der Waals surface area contributed by atoms with Gasteiger partial charge in [0.25, 0.3) is 0 Å². The fourth-order valence-corrected chi connectivity index (χ4v) is 0.674. The molecule has 62 valence electrons. The van der Waals surface area contributed by atoms with Crippen LogP contribution in [0, 0.1) is 0 Å². The number of nitrogens with one attached hydrogen (secondary N) is 2. The molecule has 0 aromatic rings. The Morgan fingerprint density at radius 1 is 1.73 bits per heavy atom. The van der Waals surface area contributed by atoms with Crippen molar-refractivity contribution in [3.63, 3.8) is 0 Å². The van der Waals surface area contributed by atoms with Gasteiger partial charge in [0.2, 0.25) is 12.3 Å². The number of thiocarbonyl (C=S) groups is 1. The number of carbonyl (C=O) groups is 2. The highest BCUT2D eigenvalue weighted by Gasteiger charge is 2.18. The molecule has 11 heavy (non-hydrogen) atoms. The first kappa shape index (κ1) is 9.83. The van der Waals surface area contributed by atoms with Crippen molar-refractivity contribution in [1.82, 2.24) is 10.6 Å². The zero-order valence-corrected chi connectivity index (χ0v) is 6.77. The third-order valence-corrected chi connectivity index (χ3v) is 1.26. The van der Waals surface area contributed by atoms with Crippen molar-refractivity contribution in [2.75, 3.05) is 7.05 Å². The van der Waals surface area contributed by atoms with Crippen molar-refractivity contribution in [2.24, 2.45) is 5.73 Å². The lowest BCUT2D eigenvalue weighted by Gasteiger charge is -2.11. The maximum absolute atomic E-state index is 10.8. The van der Waals surface area contributed by atoms with E-state index >= 15 is 0 Å². The molecule has 0 spiro atoms. The fraction of sp³-hybridized carbons (Fsp3) is 0.400. The van der Waals surface area contributed by atoms with Crippen LogP contribution in [0.3, 0.4) is 0 Å². The molecular weight excluding hydrogens is 166 g/mol. The van der Waals surface area contributed by atoms with Crippen LogP contribution in [0.5, 0.6) is 0 Å². The van der Waals surface area contributed by atoms with Crippen molar-refractivity contribution in [3.8, 4) is 0 Å². The van der Waals surface area contributed by atoms with E-state index in [9.17, 15) is 9.59 Å². The van der Waals surface area contributed by atoms with Gasteiger partial charge in [0.05, 0.1) is 0 Å². The first-order chi connectivity index (χ1) is 5.13. The Kier molecular flexibility index (Phi) is 4.12. The molecule has 0 fully saturated rings. The Morgan fingerprint density at radius 3 is 2.55 bits per heavy atom. The molecule has 6 heteroatoms. The average molecular weight is 175 g/mol. The van der Waals surface area contributed by atoms with Gasteiger partial charge in [0, 0.05) is 7.05 Å². The Labute approximate surface area is 69.3 Å². The van der Waals surface area contributed by atoms with Crippen molar-refractivity contribution >= 4 is 29.5 Å². The monoisotopic (exact) mass is 175 g/mol. The van der Waals surface area contributed by atoms with E-state index in [4.69, 9.17) is 5.73 Å². The van der Waals surface area contributed by atoms with Crippen molar-refractivity contribution in [2.45, 2.75) is 6.04 Å². The predicted molar refractivity (Wildman–Crippen MR) is 43.8 cm³/mol. The molecule has 0 rings (SSSR count). The van der Waals surface area contributed by atoms with Crippen LogP contribution in [0.4, 0.5) is 0 Å². The summed E-state index contributed by atoms with van der Waals surface area (Å²) in [5.74, 6) is -0.426. The standard InChI is InChI=1S/C5H9N3O2S/c1-7-5(10)3(4(6)11)8-2-9/h2-3H,1H3,(H2,6,11)(H,7,10)(H,8,9). The first-order valence-electron chi connectivity index (χ1n) is 2.84. The van der Waals surface area contributed by atoms with Crippen LogP contribution in [0.15, 0.2) is 0 Å². The summed E-state index contributed by atoms with van der Waals surface area (Å²) in [5, 5.41) is 4.48. The zero-order valence-electron chi connectivity index (χ0n) is 5.96. The number of likely N-dealkylation sites (N-methyl/N-ethyl adjacent to an activating group) is 1. The summed E-state index contributed by atoms with van der Waals surface area (Å²) in [5.41, 5.74) is 5.15. The Balaban J connectivity index is 4.20. The van der Waals surface area contributed by atoms with E-state index in [-0.39, 0.29) is 4.99 Å². The molecule has 0 aliphatic carbocycles. The molecule has 0 radical (unpaired) electrons. The van der Waals surface area contributed by atoms with Crippen LogP contribution in [0.2, 0.25) is 0 Å². The number of rotatable bonds is 4. The Hall–Kier alpha value is -1.17. The Bertz CT molecular complexity index is 183. The number of hydrogen-bond acceptors (Lipinski definition) is 3. The van der Waals surface area contributed by atoms with Crippen LogP contribution >= 0.6 is 12.2 Å². The second-order valence-electron chi connectivity index (χ2n) is 1.73. The summed E-state index contributed by atoms with van der Waals surface area (Å²) in [6, 6.07) is -0.910. The van der Waals surface area contributed by atoms with Gasteiger partial charge >= 0.3 is 0 Å². The lowest BCUT2D eigenvalue weighted by molar-refractivity contribution is -0.123. The van der Waals surface area contributed by atoms with Crippen molar-refractivity contribution < 1.29 is 9.59 Å². The van der Waals surface area contributed by atoms with Gasteiger partial charge < -0.3 is 16.4 Å². The lowest BCUT2D eigenvalue weighted by Crippen LogP contribution is -2.50. The molecule has 1 unspecified atom stereocenters. The van der Waals surface area contributed by atoms with Gasteiger partial charge in [0.1, 0.15) is 4.99 Å². The van der Waals surface area contributed by atoms with E-state index in [0.717, 1.165) is 0 Å². The van der Waals surface area contributed by atoms with Crippen molar-refractivity contribution in [1.29, 1.82) is 0 Å². The Morgan fingerprint density at radius 2 is 2.27 bits per heavy atom. The van der Waals surface area contributed by atoms with Gasteiger partial charge in [-0.15, -0.1) is 0 Å². The van der Waals surface area contributed by atoms with Gasteiger partial charge in [-0.25, -0.2) is 0 Å². The minimum Gasteiger partial charge on any atom is -0.391 e. The third-order valence-electron chi connectivity index (χ3n) is 1.03. The van der Waals surface area contributed by atoms with Gasteiger partial charge in [-0.1, -0.05) is 12.2 Å². The van der Waals surface area contributed by atoms with Gasteiger partial charge in [-0.05, 0) is 0 Å². The maximum Gasteiger partial charge on any atom is 0.249 e. The molecule has 2 amide bonds. The summed E-state index contributed by atoms with van der Waals surface area (Å²) < 4.78 is 0. The molecule has 0 heterocycles. The molecule has 1 atom stereocenters. The van der Waals surface area contributed by atoms with Crippen LogP contribution in [-0.4, -0.2) is 30.4 Å². The number of carbonyl (C=O) groups excluding carboxylic acids is 2. The molecule has 0 aromatic heterocycles. The van der Waals surface area contributed by atoms with Crippen molar-refractivity contribution in [3.05, 3.63) is 0 Å². The predicted octanol–water partition coefficient (Wildman–Crippen LogP) is -1.87. The normalized spacial score (nSPS) is 11.4. The number of hydrogen-bond donors (Lipinski definition) is 3. The molecule has 0 aliphatic heterocycles. The molecule has 4 N–H and O–H groups in total. The minimum atomic E-state index is -0.910. The zero-order chi connectivity index (χ0) is 8.85. The summed E-state index contributed by atoms with van der Waals surface area (Å²) in [7, 11) is 1.43. The fourth-order valence-electron chi connectivity index (χ4n) is 0.499. The van der Waals surface area contributed by atoms with Crippen LogP contribution in [0.25, 0.3) is 0 Å². The quantitative estimate of drug-likeness (QED) is 0.345. The second-order valence-corrected chi connectivity index (χ2v) is 2.21. The van der Waals surface area contributed by atoms with E-state index in [1.54, 1.807) is 0 Å². The van der Waals surface area contributed by atoms with Gasteiger partial charge in [-0.3, -0.25) is 9.59 Å². The lowest BCUT2D eigenvalue weighted by atomic mass is 10.3. The van der Waals surface area contributed by atoms with Crippen LogP contribution in [0.1, 0.15) is 0 Å². The second kappa shape index (κ2) is 4.62. The SMILES string of the molecule is CNC(=O)C(NC=O)C(N)=S. The largest absolute Gasteiger partial charge is 0.391 e. The smallest absolute Gasteiger partial charge is 0.249 e. The first-order valence-corrected chi connectivity index (χ1v) is 3.25. The molecule has 0 aliphatic rings. The van der Waals surface area contributed by atoms with E-state index in [0.29, 0.717) is 6.41 Å². The van der Waals surface area contributed by atoms with Crippen LogP contribution < -0.4 is 16.4 Å².